The van der Waals surface area contributed by atoms with Crippen molar-refractivity contribution in [2.24, 2.45) is 0 Å². The minimum atomic E-state index is -0.0997. The number of likely N-dealkylation sites (N-methyl/N-ethyl adjacent to an activating group) is 1. The summed E-state index contributed by atoms with van der Waals surface area (Å²) < 4.78 is 0. The van der Waals surface area contributed by atoms with E-state index in [1.54, 1.807) is 4.90 Å². The highest BCUT2D eigenvalue weighted by Crippen LogP contribution is 2.21. The monoisotopic (exact) mass is 325 g/mol. The van der Waals surface area contributed by atoms with Gasteiger partial charge >= 0.3 is 6.03 Å². The van der Waals surface area contributed by atoms with Crippen LogP contribution in [0.25, 0.3) is 0 Å². The highest BCUT2D eigenvalue weighted by Gasteiger charge is 2.28. The highest BCUT2D eigenvalue weighted by atomic mass is 35.5. The van der Waals surface area contributed by atoms with Crippen molar-refractivity contribution in [1.82, 2.24) is 15.1 Å². The summed E-state index contributed by atoms with van der Waals surface area (Å²) in [5.74, 6) is 0. The van der Waals surface area contributed by atoms with Gasteiger partial charge in [0.2, 0.25) is 0 Å². The number of aliphatic hydroxyl groups excluding tert-OH is 1. The third kappa shape index (κ3) is 4.12. The molecule has 5 nitrogen and oxygen atoms in total. The molecule has 1 saturated heterocycles. The first-order chi connectivity index (χ1) is 10.5. The molecule has 2 atom stereocenters. The first kappa shape index (κ1) is 17.1. The van der Waals surface area contributed by atoms with Crippen molar-refractivity contribution in [3.63, 3.8) is 0 Å². The lowest BCUT2D eigenvalue weighted by Crippen LogP contribution is -2.46. The number of hydrogen-bond donors (Lipinski definition) is 2. The van der Waals surface area contributed by atoms with Gasteiger partial charge in [-0.25, -0.2) is 4.79 Å². The first-order valence-electron chi connectivity index (χ1n) is 7.60. The van der Waals surface area contributed by atoms with Crippen LogP contribution in [0, 0.1) is 0 Å². The molecule has 1 aromatic carbocycles. The van der Waals surface area contributed by atoms with Crippen molar-refractivity contribution < 1.29 is 9.90 Å². The van der Waals surface area contributed by atoms with Crippen LogP contribution in [-0.4, -0.2) is 60.8 Å². The van der Waals surface area contributed by atoms with Crippen molar-refractivity contribution >= 4 is 17.6 Å². The van der Waals surface area contributed by atoms with E-state index in [2.05, 4.69) is 10.2 Å². The Bertz CT molecular complexity index is 493. The third-order valence-corrected chi connectivity index (χ3v) is 4.43. The van der Waals surface area contributed by atoms with Crippen molar-refractivity contribution in [2.45, 2.75) is 24.9 Å². The van der Waals surface area contributed by atoms with E-state index in [-0.39, 0.29) is 24.7 Å². The summed E-state index contributed by atoms with van der Waals surface area (Å²) in [6.45, 7) is 1.26. The summed E-state index contributed by atoms with van der Waals surface area (Å²) in [5, 5.41) is 13.0. The van der Waals surface area contributed by atoms with Crippen molar-refractivity contribution in [1.29, 1.82) is 0 Å². The molecule has 1 aromatic rings. The van der Waals surface area contributed by atoms with Crippen LogP contribution in [0.5, 0.6) is 0 Å². The zero-order valence-corrected chi connectivity index (χ0v) is 13.9. The molecule has 0 radical (unpaired) electrons. The molecule has 1 heterocycles. The molecular weight excluding hydrogens is 302 g/mol. The summed E-state index contributed by atoms with van der Waals surface area (Å²) >= 11 is 5.93. The number of likely N-dealkylation sites (tertiary alicyclic amines) is 1. The van der Waals surface area contributed by atoms with Gasteiger partial charge in [-0.05, 0) is 44.6 Å². The van der Waals surface area contributed by atoms with Gasteiger partial charge < -0.3 is 20.2 Å². The lowest BCUT2D eigenvalue weighted by molar-refractivity contribution is 0.154. The quantitative estimate of drug-likeness (QED) is 0.871. The Morgan fingerprint density at radius 2 is 2.14 bits per heavy atom. The molecule has 0 spiro atoms. The van der Waals surface area contributed by atoms with Gasteiger partial charge in [-0.15, -0.1) is 0 Å². The third-order valence-electron chi connectivity index (χ3n) is 4.17. The maximum atomic E-state index is 12.3. The molecule has 22 heavy (non-hydrogen) atoms. The number of halogens is 1. The number of nitrogens with one attached hydrogen (secondary N) is 1. The van der Waals surface area contributed by atoms with E-state index in [9.17, 15) is 9.90 Å². The van der Waals surface area contributed by atoms with Crippen LogP contribution in [-0.2, 0) is 0 Å². The smallest absolute Gasteiger partial charge is 0.317 e. The topological polar surface area (TPSA) is 55.8 Å². The van der Waals surface area contributed by atoms with Gasteiger partial charge in [-0.1, -0.05) is 23.7 Å². The summed E-state index contributed by atoms with van der Waals surface area (Å²) in [7, 11) is 3.97. The Morgan fingerprint density at radius 1 is 1.45 bits per heavy atom. The van der Waals surface area contributed by atoms with E-state index in [4.69, 9.17) is 11.6 Å². The Kier molecular flexibility index (Phi) is 6.06. The number of benzene rings is 1. The van der Waals surface area contributed by atoms with Gasteiger partial charge in [0.1, 0.15) is 0 Å². The van der Waals surface area contributed by atoms with Gasteiger partial charge in [-0.2, -0.15) is 0 Å². The molecule has 0 aliphatic carbocycles. The maximum Gasteiger partial charge on any atom is 0.317 e. The minimum Gasteiger partial charge on any atom is -0.394 e. The van der Waals surface area contributed by atoms with Crippen molar-refractivity contribution in [2.75, 3.05) is 33.8 Å². The molecule has 2 N–H and O–H groups in total. The second-order valence-electron chi connectivity index (χ2n) is 5.89. The van der Waals surface area contributed by atoms with Gasteiger partial charge in [-0.3, -0.25) is 0 Å². The van der Waals surface area contributed by atoms with E-state index >= 15 is 0 Å². The second kappa shape index (κ2) is 7.81. The molecule has 2 rings (SSSR count). The number of aliphatic hydroxyl groups is 1. The number of amides is 2. The van der Waals surface area contributed by atoms with E-state index < -0.39 is 0 Å². The maximum absolute atomic E-state index is 12.3. The minimum absolute atomic E-state index is 0.0295. The zero-order chi connectivity index (χ0) is 16.1. The second-order valence-corrected chi connectivity index (χ2v) is 6.33. The van der Waals surface area contributed by atoms with Gasteiger partial charge in [0.15, 0.2) is 0 Å². The standard InChI is InChI=1S/C16H24ClN3O2/c1-19(2)15(12-5-7-13(17)8-6-12)10-18-16(22)20-9-3-4-14(20)11-21/h5-8,14-15,21H,3-4,9-11H2,1-2H3,(H,18,22)/t14-,15+/m0/s1. The number of hydrogen-bond acceptors (Lipinski definition) is 3. The summed E-state index contributed by atoms with van der Waals surface area (Å²) in [5.41, 5.74) is 1.11. The Labute approximate surface area is 136 Å². The predicted molar refractivity (Wildman–Crippen MR) is 88.1 cm³/mol. The summed E-state index contributed by atoms with van der Waals surface area (Å²) in [6, 6.07) is 7.61. The number of carbonyl (C=O) groups is 1. The lowest BCUT2D eigenvalue weighted by Gasteiger charge is -2.28. The van der Waals surface area contributed by atoms with E-state index in [1.165, 1.54) is 0 Å². The number of rotatable bonds is 5. The number of urea groups is 1. The van der Waals surface area contributed by atoms with Crippen molar-refractivity contribution in [3.8, 4) is 0 Å². The van der Waals surface area contributed by atoms with Gasteiger partial charge in [0.25, 0.3) is 0 Å². The fourth-order valence-corrected chi connectivity index (χ4v) is 2.99. The summed E-state index contributed by atoms with van der Waals surface area (Å²) in [4.78, 5) is 16.1. The predicted octanol–water partition coefficient (Wildman–Crippen LogP) is 2.11. The van der Waals surface area contributed by atoms with Gasteiger partial charge in [0.05, 0.1) is 18.7 Å². The first-order valence-corrected chi connectivity index (χ1v) is 7.98. The normalized spacial score (nSPS) is 19.5. The van der Waals surface area contributed by atoms with Crippen LogP contribution in [0.1, 0.15) is 24.4 Å². The molecular formula is C16H24ClN3O2. The molecule has 0 saturated carbocycles. The number of nitrogens with zero attached hydrogens (tertiary/aromatic N) is 2. The van der Waals surface area contributed by atoms with Crippen LogP contribution in [0.2, 0.25) is 5.02 Å². The molecule has 6 heteroatoms. The molecule has 1 aliphatic rings. The zero-order valence-electron chi connectivity index (χ0n) is 13.1. The summed E-state index contributed by atoms with van der Waals surface area (Å²) in [6.07, 6.45) is 1.82. The molecule has 0 bridgehead atoms. The van der Waals surface area contributed by atoms with Gasteiger partial charge in [0, 0.05) is 18.1 Å². The Balaban J connectivity index is 1.97. The fourth-order valence-electron chi connectivity index (χ4n) is 2.86. The molecule has 0 aromatic heterocycles. The molecule has 1 aliphatic heterocycles. The van der Waals surface area contributed by atoms with Crippen LogP contribution < -0.4 is 5.32 Å². The molecule has 0 unspecified atom stereocenters. The molecule has 1 fully saturated rings. The van der Waals surface area contributed by atoms with E-state index in [0.717, 1.165) is 18.4 Å². The van der Waals surface area contributed by atoms with E-state index in [0.29, 0.717) is 18.1 Å². The van der Waals surface area contributed by atoms with E-state index in [1.807, 2.05) is 38.4 Å². The largest absolute Gasteiger partial charge is 0.394 e. The Morgan fingerprint density at radius 3 is 2.73 bits per heavy atom. The highest BCUT2D eigenvalue weighted by molar-refractivity contribution is 6.30. The average Bonchev–Trinajstić information content (AvgIpc) is 2.97. The Hall–Kier alpha value is -1.30. The van der Waals surface area contributed by atoms with Crippen LogP contribution >= 0.6 is 11.6 Å². The number of carbonyl (C=O) groups excluding carboxylic acids is 1. The molecule has 122 valence electrons. The van der Waals surface area contributed by atoms with Crippen molar-refractivity contribution in [3.05, 3.63) is 34.9 Å². The average molecular weight is 326 g/mol. The fraction of sp³-hybridized carbons (Fsp3) is 0.562. The van der Waals surface area contributed by atoms with Crippen LogP contribution in [0.15, 0.2) is 24.3 Å². The molecule has 2 amide bonds. The lowest BCUT2D eigenvalue weighted by atomic mass is 10.1. The van der Waals surface area contributed by atoms with Crippen LogP contribution in [0.3, 0.4) is 0 Å². The van der Waals surface area contributed by atoms with Crippen LogP contribution in [0.4, 0.5) is 4.79 Å². The SMILES string of the molecule is CN(C)[C@H](CNC(=O)N1CCC[C@H]1CO)c1ccc(Cl)cc1.